The average molecular weight is 208 g/mol. The van der Waals surface area contributed by atoms with Gasteiger partial charge in [-0.05, 0) is 24.2 Å². The first kappa shape index (κ1) is 10.6. The summed E-state index contributed by atoms with van der Waals surface area (Å²) in [6.45, 7) is 4.63. The molecule has 0 amide bonds. The number of nitrogens with zero attached hydrogens (tertiary/aromatic N) is 3. The van der Waals surface area contributed by atoms with E-state index in [1.54, 1.807) is 10.9 Å². The van der Waals surface area contributed by atoms with E-state index in [-0.39, 0.29) is 6.04 Å². The van der Waals surface area contributed by atoms with Crippen molar-refractivity contribution in [2.75, 3.05) is 0 Å². The fourth-order valence-corrected chi connectivity index (χ4v) is 2.82. The number of hydrogen-bond donors (Lipinski definition) is 1. The van der Waals surface area contributed by atoms with Gasteiger partial charge in [0.05, 0.1) is 17.9 Å². The van der Waals surface area contributed by atoms with Gasteiger partial charge >= 0.3 is 0 Å². The molecule has 0 aromatic carbocycles. The molecule has 1 fully saturated rings. The molecule has 1 aliphatic carbocycles. The van der Waals surface area contributed by atoms with Gasteiger partial charge in [-0.15, -0.1) is 5.10 Å². The van der Waals surface area contributed by atoms with E-state index in [0.29, 0.717) is 11.3 Å². The summed E-state index contributed by atoms with van der Waals surface area (Å²) in [6, 6.07) is 0.0718. The van der Waals surface area contributed by atoms with Gasteiger partial charge in [0.15, 0.2) is 0 Å². The minimum absolute atomic E-state index is 0.0718. The van der Waals surface area contributed by atoms with Gasteiger partial charge in [-0.2, -0.15) is 0 Å². The average Bonchev–Trinajstić information content (AvgIpc) is 2.70. The number of rotatable bonds is 2. The Kier molecular flexibility index (Phi) is 2.54. The van der Waals surface area contributed by atoms with E-state index >= 15 is 0 Å². The first-order chi connectivity index (χ1) is 7.02. The van der Waals surface area contributed by atoms with Gasteiger partial charge in [0.1, 0.15) is 0 Å². The van der Waals surface area contributed by atoms with Crippen LogP contribution < -0.4 is 5.73 Å². The van der Waals surface area contributed by atoms with Crippen molar-refractivity contribution in [1.29, 1.82) is 0 Å². The summed E-state index contributed by atoms with van der Waals surface area (Å²) in [6.07, 6.45) is 5.58. The Morgan fingerprint density at radius 2 is 2.33 bits per heavy atom. The van der Waals surface area contributed by atoms with E-state index < -0.39 is 0 Å². The molecule has 4 nitrogen and oxygen atoms in total. The Balaban J connectivity index is 2.21. The Morgan fingerprint density at radius 3 is 2.80 bits per heavy atom. The van der Waals surface area contributed by atoms with Crippen molar-refractivity contribution in [3.8, 4) is 0 Å². The zero-order valence-electron chi connectivity index (χ0n) is 9.77. The van der Waals surface area contributed by atoms with Crippen molar-refractivity contribution in [2.24, 2.45) is 24.1 Å². The van der Waals surface area contributed by atoms with Gasteiger partial charge in [0, 0.05) is 7.05 Å². The highest BCUT2D eigenvalue weighted by molar-refractivity contribution is 5.06. The summed E-state index contributed by atoms with van der Waals surface area (Å²) in [7, 11) is 1.91. The quantitative estimate of drug-likeness (QED) is 0.803. The minimum atomic E-state index is 0.0718. The lowest BCUT2D eigenvalue weighted by Crippen LogP contribution is -2.31. The van der Waals surface area contributed by atoms with Gasteiger partial charge in [-0.1, -0.05) is 25.5 Å². The minimum Gasteiger partial charge on any atom is -0.322 e. The number of aromatic nitrogens is 3. The predicted molar refractivity (Wildman–Crippen MR) is 59.1 cm³/mol. The van der Waals surface area contributed by atoms with Gasteiger partial charge in [-0.3, -0.25) is 4.68 Å². The van der Waals surface area contributed by atoms with Crippen molar-refractivity contribution in [3.63, 3.8) is 0 Å². The summed E-state index contributed by atoms with van der Waals surface area (Å²) in [5, 5.41) is 7.84. The lowest BCUT2D eigenvalue weighted by atomic mass is 9.77. The Bertz CT molecular complexity index is 342. The molecule has 84 valence electrons. The molecule has 1 aliphatic rings. The molecule has 0 bridgehead atoms. The van der Waals surface area contributed by atoms with Gasteiger partial charge in [-0.25, -0.2) is 0 Å². The lowest BCUT2D eigenvalue weighted by Gasteiger charge is -2.31. The van der Waals surface area contributed by atoms with Crippen LogP contribution in [0, 0.1) is 11.3 Å². The van der Waals surface area contributed by atoms with Crippen LogP contribution in [-0.2, 0) is 7.05 Å². The van der Waals surface area contributed by atoms with Crippen molar-refractivity contribution in [3.05, 3.63) is 11.9 Å². The second-order valence-electron chi connectivity index (χ2n) is 5.30. The third-order valence-corrected chi connectivity index (χ3v) is 3.86. The molecule has 2 N–H and O–H groups in total. The predicted octanol–water partition coefficient (Wildman–Crippen LogP) is 1.64. The van der Waals surface area contributed by atoms with Crippen molar-refractivity contribution < 1.29 is 0 Å². The Morgan fingerprint density at radius 1 is 1.60 bits per heavy atom. The SMILES string of the molecule is Cn1nncc1C(N)C1CCCC1(C)C. The van der Waals surface area contributed by atoms with Gasteiger partial charge in [0.25, 0.3) is 0 Å². The number of hydrogen-bond acceptors (Lipinski definition) is 3. The standard InChI is InChI=1S/C11H20N4/c1-11(2)6-4-5-8(11)10(12)9-7-13-14-15(9)3/h7-8,10H,4-6,12H2,1-3H3. The maximum atomic E-state index is 6.32. The van der Waals surface area contributed by atoms with Crippen molar-refractivity contribution in [1.82, 2.24) is 15.0 Å². The maximum absolute atomic E-state index is 6.32. The summed E-state index contributed by atoms with van der Waals surface area (Å²) >= 11 is 0. The van der Waals surface area contributed by atoms with Crippen LogP contribution in [0.15, 0.2) is 6.20 Å². The molecule has 1 aromatic heterocycles. The van der Waals surface area contributed by atoms with Gasteiger partial charge < -0.3 is 5.73 Å². The van der Waals surface area contributed by atoms with E-state index in [1.165, 1.54) is 19.3 Å². The van der Waals surface area contributed by atoms with Gasteiger partial charge in [0.2, 0.25) is 0 Å². The van der Waals surface area contributed by atoms with Crippen LogP contribution in [0.4, 0.5) is 0 Å². The molecule has 2 atom stereocenters. The van der Waals surface area contributed by atoms with Crippen molar-refractivity contribution in [2.45, 2.75) is 39.2 Å². The zero-order valence-corrected chi connectivity index (χ0v) is 9.77. The molecule has 1 saturated carbocycles. The zero-order chi connectivity index (χ0) is 11.1. The first-order valence-corrected chi connectivity index (χ1v) is 5.62. The monoisotopic (exact) mass is 208 g/mol. The fourth-order valence-electron chi connectivity index (χ4n) is 2.82. The molecule has 4 heteroatoms. The smallest absolute Gasteiger partial charge is 0.0754 e. The van der Waals surface area contributed by atoms with E-state index in [4.69, 9.17) is 5.73 Å². The summed E-state index contributed by atoms with van der Waals surface area (Å²) in [5.74, 6) is 0.551. The van der Waals surface area contributed by atoms with Crippen LogP contribution in [0.5, 0.6) is 0 Å². The second-order valence-corrected chi connectivity index (χ2v) is 5.30. The van der Waals surface area contributed by atoms with Crippen LogP contribution in [0.3, 0.4) is 0 Å². The van der Waals surface area contributed by atoms with E-state index in [0.717, 1.165) is 5.69 Å². The summed E-state index contributed by atoms with van der Waals surface area (Å²) in [4.78, 5) is 0. The molecular weight excluding hydrogens is 188 g/mol. The molecule has 15 heavy (non-hydrogen) atoms. The molecule has 2 rings (SSSR count). The molecule has 0 spiro atoms. The normalized spacial score (nSPS) is 26.8. The highest BCUT2D eigenvalue weighted by Crippen LogP contribution is 2.47. The summed E-state index contributed by atoms with van der Waals surface area (Å²) in [5.41, 5.74) is 7.72. The molecule has 0 radical (unpaired) electrons. The highest BCUT2D eigenvalue weighted by Gasteiger charge is 2.39. The number of nitrogens with two attached hydrogens (primary N) is 1. The third kappa shape index (κ3) is 1.78. The molecule has 1 heterocycles. The van der Waals surface area contributed by atoms with E-state index in [2.05, 4.69) is 24.2 Å². The maximum Gasteiger partial charge on any atom is 0.0754 e. The fraction of sp³-hybridized carbons (Fsp3) is 0.818. The number of aryl methyl sites for hydroxylation is 1. The van der Waals surface area contributed by atoms with Crippen LogP contribution in [0.1, 0.15) is 44.8 Å². The Labute approximate surface area is 90.8 Å². The third-order valence-electron chi connectivity index (χ3n) is 3.86. The first-order valence-electron chi connectivity index (χ1n) is 5.62. The van der Waals surface area contributed by atoms with Crippen molar-refractivity contribution >= 4 is 0 Å². The van der Waals surface area contributed by atoms with Crippen LogP contribution in [0.25, 0.3) is 0 Å². The largest absolute Gasteiger partial charge is 0.322 e. The molecule has 0 saturated heterocycles. The molecule has 1 aromatic rings. The van der Waals surface area contributed by atoms with Crippen LogP contribution in [0.2, 0.25) is 0 Å². The lowest BCUT2D eigenvalue weighted by molar-refractivity contribution is 0.217. The summed E-state index contributed by atoms with van der Waals surface area (Å²) < 4.78 is 1.79. The highest BCUT2D eigenvalue weighted by atomic mass is 15.4. The molecular formula is C11H20N4. The topological polar surface area (TPSA) is 56.7 Å². The van der Waals surface area contributed by atoms with E-state index in [9.17, 15) is 0 Å². The molecule has 2 unspecified atom stereocenters. The van der Waals surface area contributed by atoms with E-state index in [1.807, 2.05) is 7.05 Å². The second kappa shape index (κ2) is 3.59. The van der Waals surface area contributed by atoms with Crippen LogP contribution >= 0.6 is 0 Å². The Hall–Kier alpha value is -0.900. The molecule has 0 aliphatic heterocycles. The van der Waals surface area contributed by atoms with Crippen LogP contribution in [-0.4, -0.2) is 15.0 Å².